The Morgan fingerprint density at radius 1 is 1.21 bits per heavy atom. The van der Waals surface area contributed by atoms with E-state index in [-0.39, 0.29) is 17.9 Å². The van der Waals surface area contributed by atoms with Crippen molar-refractivity contribution in [2.24, 2.45) is 0 Å². The van der Waals surface area contributed by atoms with Crippen LogP contribution in [0, 0.1) is 5.82 Å². The Kier molecular flexibility index (Phi) is 5.57. The second-order valence-corrected chi connectivity index (χ2v) is 7.75. The number of hydrogen-bond acceptors (Lipinski definition) is 4. The molecule has 3 aromatic rings. The fraction of sp³-hybridized carbons (Fsp3) is 0.250. The average Bonchev–Trinajstić information content (AvgIpc) is 3.21. The van der Waals surface area contributed by atoms with Gasteiger partial charge >= 0.3 is 6.03 Å². The molecule has 0 saturated carbocycles. The first-order valence-electron chi connectivity index (χ1n) is 9.04. The monoisotopic (exact) mass is 397 g/mol. The van der Waals surface area contributed by atoms with Crippen molar-refractivity contribution in [3.05, 3.63) is 77.6 Å². The summed E-state index contributed by atoms with van der Waals surface area (Å²) in [5.74, 6) is 0.621. The molecule has 1 aliphatic heterocycles. The van der Waals surface area contributed by atoms with Gasteiger partial charge in [0.15, 0.2) is 0 Å². The number of carbonyl (C=O) groups excluding carboxylic acids is 1. The first-order valence-corrected chi connectivity index (χ1v) is 10.0. The number of fused-ring (bicyclic) bond motifs is 1. The van der Waals surface area contributed by atoms with Crippen LogP contribution in [0.25, 0.3) is 0 Å². The molecule has 1 atom stereocenters. The minimum Gasteiger partial charge on any atom is -0.334 e. The van der Waals surface area contributed by atoms with Crippen LogP contribution in [0.15, 0.2) is 60.0 Å². The highest BCUT2D eigenvalue weighted by Gasteiger charge is 2.22. The van der Waals surface area contributed by atoms with Crippen LogP contribution in [0.4, 0.5) is 9.18 Å². The van der Waals surface area contributed by atoms with E-state index in [4.69, 9.17) is 0 Å². The third-order valence-electron chi connectivity index (χ3n) is 4.60. The predicted molar refractivity (Wildman–Crippen MR) is 105 cm³/mol. The summed E-state index contributed by atoms with van der Waals surface area (Å²) in [5, 5.41) is 9.93. The fourth-order valence-corrected chi connectivity index (χ4v) is 4.28. The number of benzene rings is 2. The van der Waals surface area contributed by atoms with Gasteiger partial charge in [0.05, 0.1) is 12.6 Å². The maximum Gasteiger partial charge on any atom is 0.315 e. The third-order valence-corrected chi connectivity index (χ3v) is 5.73. The summed E-state index contributed by atoms with van der Waals surface area (Å²) in [6, 6.07) is 12.3. The normalized spacial score (nSPS) is 15.7. The van der Waals surface area contributed by atoms with E-state index in [1.165, 1.54) is 18.5 Å². The van der Waals surface area contributed by atoms with E-state index in [0.29, 0.717) is 13.1 Å². The van der Waals surface area contributed by atoms with Crippen LogP contribution in [0.3, 0.4) is 0 Å². The van der Waals surface area contributed by atoms with Crippen molar-refractivity contribution in [3.8, 4) is 0 Å². The molecule has 1 unspecified atom stereocenters. The van der Waals surface area contributed by atoms with E-state index in [9.17, 15) is 9.18 Å². The van der Waals surface area contributed by atoms with Crippen molar-refractivity contribution in [1.82, 2.24) is 25.4 Å². The number of nitrogens with zero attached hydrogens (tertiary/aromatic N) is 3. The fourth-order valence-electron chi connectivity index (χ4n) is 3.17. The van der Waals surface area contributed by atoms with Gasteiger partial charge in [0.1, 0.15) is 18.5 Å². The van der Waals surface area contributed by atoms with Gasteiger partial charge in [-0.3, -0.25) is 0 Å². The summed E-state index contributed by atoms with van der Waals surface area (Å²) in [4.78, 5) is 17.3. The molecule has 4 rings (SSSR count). The highest BCUT2D eigenvalue weighted by atomic mass is 32.2. The lowest BCUT2D eigenvalue weighted by atomic mass is 10.0. The largest absolute Gasteiger partial charge is 0.334 e. The van der Waals surface area contributed by atoms with Crippen LogP contribution in [-0.2, 0) is 13.1 Å². The van der Waals surface area contributed by atoms with Gasteiger partial charge < -0.3 is 10.6 Å². The standard InChI is InChI=1S/C20H20FN5OS/c21-16-5-6-19-17(9-16)18(7-8-28-19)25-20(27)23-10-14-1-3-15(4-2-14)11-26-13-22-12-24-26/h1-6,9,12-13,18H,7-8,10-11H2,(H2,23,25,27). The number of aromatic nitrogens is 3. The molecular weight excluding hydrogens is 377 g/mol. The molecule has 2 amide bonds. The Morgan fingerprint density at radius 3 is 2.82 bits per heavy atom. The zero-order chi connectivity index (χ0) is 19.3. The first-order chi connectivity index (χ1) is 13.7. The number of carbonyl (C=O) groups is 1. The molecule has 2 aromatic carbocycles. The van der Waals surface area contributed by atoms with E-state index >= 15 is 0 Å². The molecular formula is C20H20FN5OS. The third kappa shape index (κ3) is 4.51. The van der Waals surface area contributed by atoms with Crippen molar-refractivity contribution in [3.63, 3.8) is 0 Å². The maximum atomic E-state index is 13.6. The second kappa shape index (κ2) is 8.43. The number of thioether (sulfide) groups is 1. The molecule has 8 heteroatoms. The highest BCUT2D eigenvalue weighted by molar-refractivity contribution is 7.99. The van der Waals surface area contributed by atoms with Crippen LogP contribution in [0.2, 0.25) is 0 Å². The van der Waals surface area contributed by atoms with E-state index in [1.54, 1.807) is 28.8 Å². The molecule has 0 bridgehead atoms. The van der Waals surface area contributed by atoms with Gasteiger partial charge in [-0.15, -0.1) is 11.8 Å². The van der Waals surface area contributed by atoms with Crippen LogP contribution in [0.1, 0.15) is 29.2 Å². The molecule has 144 valence electrons. The lowest BCUT2D eigenvalue weighted by Gasteiger charge is -2.26. The zero-order valence-electron chi connectivity index (χ0n) is 15.1. The number of rotatable bonds is 5. The molecule has 0 radical (unpaired) electrons. The average molecular weight is 397 g/mol. The second-order valence-electron chi connectivity index (χ2n) is 6.61. The molecule has 0 saturated heterocycles. The quantitative estimate of drug-likeness (QED) is 0.691. The minimum atomic E-state index is -0.278. The van der Waals surface area contributed by atoms with Crippen LogP contribution in [0.5, 0.6) is 0 Å². The minimum absolute atomic E-state index is 0.169. The zero-order valence-corrected chi connectivity index (χ0v) is 16.0. The molecule has 0 spiro atoms. The molecule has 6 nitrogen and oxygen atoms in total. The van der Waals surface area contributed by atoms with E-state index in [2.05, 4.69) is 20.7 Å². The number of halogens is 1. The molecule has 2 heterocycles. The molecule has 1 aromatic heterocycles. The predicted octanol–water partition coefficient (Wildman–Crippen LogP) is 3.50. The van der Waals surface area contributed by atoms with Crippen LogP contribution < -0.4 is 10.6 Å². The number of nitrogens with one attached hydrogen (secondary N) is 2. The Morgan fingerprint density at radius 2 is 2.04 bits per heavy atom. The smallest absolute Gasteiger partial charge is 0.315 e. The Bertz CT molecular complexity index is 946. The summed E-state index contributed by atoms with van der Waals surface area (Å²) >= 11 is 1.69. The van der Waals surface area contributed by atoms with Gasteiger partial charge in [-0.1, -0.05) is 24.3 Å². The van der Waals surface area contributed by atoms with Crippen molar-refractivity contribution >= 4 is 17.8 Å². The number of amides is 2. The van der Waals surface area contributed by atoms with Crippen LogP contribution in [-0.4, -0.2) is 26.5 Å². The number of hydrogen-bond donors (Lipinski definition) is 2. The molecule has 28 heavy (non-hydrogen) atoms. The summed E-state index contributed by atoms with van der Waals surface area (Å²) in [7, 11) is 0. The Labute approximate surface area is 166 Å². The Balaban J connectivity index is 1.31. The van der Waals surface area contributed by atoms with Crippen molar-refractivity contribution < 1.29 is 9.18 Å². The molecule has 0 fully saturated rings. The van der Waals surface area contributed by atoms with Gasteiger partial charge in [-0.05, 0) is 41.3 Å². The summed E-state index contributed by atoms with van der Waals surface area (Å²) in [5.41, 5.74) is 2.96. The van der Waals surface area contributed by atoms with E-state index in [0.717, 1.165) is 33.8 Å². The van der Waals surface area contributed by atoms with Gasteiger partial charge in [0.2, 0.25) is 0 Å². The number of urea groups is 1. The molecule has 1 aliphatic rings. The lowest BCUT2D eigenvalue weighted by molar-refractivity contribution is 0.236. The van der Waals surface area contributed by atoms with Crippen molar-refractivity contribution in [2.75, 3.05) is 5.75 Å². The highest BCUT2D eigenvalue weighted by Crippen LogP contribution is 2.36. The summed E-state index contributed by atoms with van der Waals surface area (Å²) in [6.45, 7) is 1.08. The van der Waals surface area contributed by atoms with Gasteiger partial charge in [0.25, 0.3) is 0 Å². The molecule has 0 aliphatic carbocycles. The van der Waals surface area contributed by atoms with Gasteiger partial charge in [-0.25, -0.2) is 18.9 Å². The summed E-state index contributed by atoms with van der Waals surface area (Å²) in [6.07, 6.45) is 3.97. The molecule has 2 N–H and O–H groups in total. The Hall–Kier alpha value is -2.87. The SMILES string of the molecule is O=C(NCc1ccc(Cn2cncn2)cc1)NC1CCSc2ccc(F)cc21. The van der Waals surface area contributed by atoms with E-state index < -0.39 is 0 Å². The first kappa shape index (κ1) is 18.5. The summed E-state index contributed by atoms with van der Waals surface area (Å²) < 4.78 is 15.3. The maximum absolute atomic E-state index is 13.6. The lowest BCUT2D eigenvalue weighted by Crippen LogP contribution is -2.38. The topological polar surface area (TPSA) is 71.8 Å². The van der Waals surface area contributed by atoms with Gasteiger partial charge in [-0.2, -0.15) is 5.10 Å². The van der Waals surface area contributed by atoms with Crippen LogP contribution >= 0.6 is 11.8 Å². The van der Waals surface area contributed by atoms with Crippen molar-refractivity contribution in [1.29, 1.82) is 0 Å². The van der Waals surface area contributed by atoms with Crippen molar-refractivity contribution in [2.45, 2.75) is 30.4 Å². The van der Waals surface area contributed by atoms with Gasteiger partial charge in [0, 0.05) is 17.2 Å². The van der Waals surface area contributed by atoms with E-state index in [1.807, 2.05) is 24.3 Å².